The number of fused-ring (bicyclic) bond motifs is 5. The highest BCUT2D eigenvalue weighted by molar-refractivity contribution is 14.1. The molecule has 0 bridgehead atoms. The van der Waals surface area contributed by atoms with Crippen LogP contribution in [0.2, 0.25) is 5.02 Å². The molecule has 66 heavy (non-hydrogen) atoms. The van der Waals surface area contributed by atoms with E-state index in [1.807, 2.05) is 74.2 Å². The number of amides is 1. The molecule has 0 saturated carbocycles. The molecule has 17 heteroatoms. The molecular weight excluding hydrogens is 1020 g/mol. The molecule has 4 heterocycles. The Morgan fingerprint density at radius 1 is 1.02 bits per heavy atom. The van der Waals surface area contributed by atoms with Crippen molar-refractivity contribution in [1.29, 1.82) is 0 Å². The summed E-state index contributed by atoms with van der Waals surface area (Å²) in [6, 6.07) is 15.4. The summed E-state index contributed by atoms with van der Waals surface area (Å²) < 4.78 is 17.2. The van der Waals surface area contributed by atoms with Gasteiger partial charge in [-0.2, -0.15) is 0 Å². The van der Waals surface area contributed by atoms with Crippen LogP contribution in [0.5, 0.6) is 0 Å². The van der Waals surface area contributed by atoms with Crippen molar-refractivity contribution in [3.63, 3.8) is 0 Å². The smallest absolute Gasteiger partial charge is 0.312 e. The fourth-order valence-corrected chi connectivity index (χ4v) is 12.7. The molecule has 1 amide bonds. The van der Waals surface area contributed by atoms with Crippen LogP contribution >= 0.6 is 57.3 Å². The molecule has 14 atom stereocenters. The Morgan fingerprint density at radius 2 is 1.73 bits per heavy atom. The van der Waals surface area contributed by atoms with Crippen molar-refractivity contribution < 1.29 is 49.3 Å². The average Bonchev–Trinajstić information content (AvgIpc) is 3.63. The van der Waals surface area contributed by atoms with Crippen LogP contribution in [0.15, 0.2) is 64.4 Å². The van der Waals surface area contributed by atoms with Crippen LogP contribution in [-0.4, -0.2) is 145 Å². The van der Waals surface area contributed by atoms with Gasteiger partial charge in [-0.3, -0.25) is 14.5 Å². The second-order valence-electron chi connectivity index (χ2n) is 19.2. The first kappa shape index (κ1) is 53.2. The number of halogens is 2. The van der Waals surface area contributed by atoms with Gasteiger partial charge in [-0.15, -0.1) is 11.3 Å². The van der Waals surface area contributed by atoms with Crippen LogP contribution in [0.1, 0.15) is 72.6 Å². The van der Waals surface area contributed by atoms with E-state index in [4.69, 9.17) is 25.8 Å². The van der Waals surface area contributed by atoms with Gasteiger partial charge < -0.3 is 50.0 Å². The molecule has 13 nitrogen and oxygen atoms in total. The second kappa shape index (κ2) is 22.3. The van der Waals surface area contributed by atoms with E-state index in [2.05, 4.69) is 23.5 Å². The molecule has 2 aromatic carbocycles. The first-order chi connectivity index (χ1) is 31.0. The summed E-state index contributed by atoms with van der Waals surface area (Å²) in [6.45, 7) is 12.9. The molecule has 364 valence electrons. The zero-order chi connectivity index (χ0) is 48.4. The van der Waals surface area contributed by atoms with Crippen LogP contribution < -0.4 is 5.32 Å². The number of alkyl halides is 1. The number of benzene rings is 2. The summed E-state index contributed by atoms with van der Waals surface area (Å²) in [5.74, 6) is -3.29. The lowest BCUT2D eigenvalue weighted by Crippen LogP contribution is -2.59. The number of carbonyl (C=O) groups is 2. The van der Waals surface area contributed by atoms with E-state index in [1.54, 1.807) is 66.5 Å². The van der Waals surface area contributed by atoms with Gasteiger partial charge in [-0.25, -0.2) is 0 Å². The Labute approximate surface area is 416 Å². The van der Waals surface area contributed by atoms with Crippen LogP contribution in [0.4, 0.5) is 0 Å². The van der Waals surface area contributed by atoms with Crippen LogP contribution in [-0.2, 0) is 23.8 Å². The number of carbonyl (C=O) groups excluding carboxylic acids is 2. The fourth-order valence-electron chi connectivity index (χ4n) is 9.58. The largest absolute Gasteiger partial charge is 0.448 e. The lowest BCUT2D eigenvalue weighted by Gasteiger charge is -2.46. The van der Waals surface area contributed by atoms with E-state index >= 15 is 0 Å². The van der Waals surface area contributed by atoms with Crippen molar-refractivity contribution in [2.75, 3.05) is 33.7 Å². The van der Waals surface area contributed by atoms with Gasteiger partial charge in [0.25, 0.3) is 0 Å². The number of esters is 1. The normalized spacial score (nSPS) is 35.0. The number of aliphatic hydroxyl groups is 5. The third kappa shape index (κ3) is 12.2. The van der Waals surface area contributed by atoms with E-state index in [9.17, 15) is 35.1 Å². The van der Waals surface area contributed by atoms with Gasteiger partial charge in [-0.05, 0) is 132 Å². The molecule has 0 spiro atoms. The van der Waals surface area contributed by atoms with E-state index < -0.39 is 69.9 Å². The van der Waals surface area contributed by atoms with Crippen molar-refractivity contribution in [1.82, 2.24) is 15.1 Å². The van der Waals surface area contributed by atoms with Gasteiger partial charge in [0.1, 0.15) is 17.8 Å². The average molecular weight is 1080 g/mol. The predicted octanol–water partition coefficient (Wildman–Crippen LogP) is 7.06. The lowest BCUT2D eigenvalue weighted by molar-refractivity contribution is -0.299. The highest BCUT2D eigenvalue weighted by Crippen LogP contribution is 2.51. The minimum Gasteiger partial charge on any atom is -0.448 e. The molecule has 2 fully saturated rings. The predicted molar refractivity (Wildman–Crippen MR) is 269 cm³/mol. The van der Waals surface area contributed by atoms with Gasteiger partial charge in [0.2, 0.25) is 5.91 Å². The van der Waals surface area contributed by atoms with Crippen LogP contribution in [0.25, 0.3) is 27.6 Å². The summed E-state index contributed by atoms with van der Waals surface area (Å²) >= 11 is 11.5. The minimum atomic E-state index is -1.91. The number of aliphatic hydroxyl groups excluding tert-OH is 3. The molecule has 0 unspecified atom stereocenters. The maximum Gasteiger partial charge on any atom is 0.312 e. The molecule has 6 N–H and O–H groups in total. The fraction of sp³-hybridized carbons (Fsp3) is 0.592. The summed E-state index contributed by atoms with van der Waals surface area (Å²) in [5.41, 5.74) is -0.203. The summed E-state index contributed by atoms with van der Waals surface area (Å²) in [6.07, 6.45) is -1.79. The van der Waals surface area contributed by atoms with Gasteiger partial charge in [0.05, 0.1) is 29.8 Å². The number of hydrogen-bond acceptors (Lipinski definition) is 14. The van der Waals surface area contributed by atoms with E-state index in [0.29, 0.717) is 37.5 Å². The third-order valence-electron chi connectivity index (χ3n) is 13.3. The van der Waals surface area contributed by atoms with Crippen molar-refractivity contribution in [3.8, 4) is 21.6 Å². The molecule has 6 rings (SSSR count). The Kier molecular flexibility index (Phi) is 18.0. The first-order valence-electron chi connectivity index (χ1n) is 22.7. The number of ether oxygens (including phenoxy) is 3. The topological polar surface area (TPSA) is 181 Å². The molecule has 1 aromatic heterocycles. The summed E-state index contributed by atoms with van der Waals surface area (Å²) in [4.78, 5) is 35.0. The highest BCUT2D eigenvalue weighted by Gasteiger charge is 2.50. The lowest BCUT2D eigenvalue weighted by atomic mass is 9.78. The van der Waals surface area contributed by atoms with Gasteiger partial charge in [0.15, 0.2) is 10.4 Å². The second-order valence-corrected chi connectivity index (χ2v) is 22.9. The highest BCUT2D eigenvalue weighted by atomic mass is 127. The van der Waals surface area contributed by atoms with Gasteiger partial charge in [0, 0.05) is 79.4 Å². The first-order valence-corrected chi connectivity index (χ1v) is 26.0. The van der Waals surface area contributed by atoms with Crippen molar-refractivity contribution in [2.24, 2.45) is 17.8 Å². The molecular formula is C49H67ClIN3O10S2. The quantitative estimate of drug-likeness (QED) is 0.0330. The Bertz CT molecular complexity index is 2190. The maximum atomic E-state index is 13.6. The summed E-state index contributed by atoms with van der Waals surface area (Å²) in [5, 5.41) is 62.7. The molecule has 0 aliphatic carbocycles. The Hall–Kier alpha value is -2.17. The molecule has 3 aliphatic rings. The molecule has 2 saturated heterocycles. The van der Waals surface area contributed by atoms with Crippen molar-refractivity contribution in [3.05, 3.63) is 64.5 Å². The molecule has 0 radical (unpaired) electrons. The Morgan fingerprint density at radius 3 is 2.44 bits per heavy atom. The number of nitrogens with one attached hydrogen (secondary N) is 1. The number of nitrogens with zero attached hydrogens (tertiary/aromatic N) is 2. The Balaban J connectivity index is 1.18. The van der Waals surface area contributed by atoms with Gasteiger partial charge >= 0.3 is 5.97 Å². The number of cyclic esters (lactones) is 1. The zero-order valence-electron chi connectivity index (χ0n) is 39.2. The number of likely N-dealkylation sites (N-methyl/N-ethyl adjacent to an activating group) is 1. The number of thiophene rings is 1. The van der Waals surface area contributed by atoms with E-state index in [1.165, 1.54) is 19.9 Å². The van der Waals surface area contributed by atoms with Gasteiger partial charge in [-0.1, -0.05) is 61.5 Å². The third-order valence-corrected chi connectivity index (χ3v) is 17.4. The SMILES string of the molecule is C[C@H]1CN(CCCNC(=O)/C=C/c2cc3c(s2)-c2ccc(Cl)cc2Sc2ccccc2-3)[C@H](C)[C@@H](O)[C@](C)(O)[C@@H](I)OC(=O)[C@H](C)[C@@H](O)[C@H](C)[C@@H](O[C@@H]2O[C@H](C)C[C@H](N(C)C)[C@H]2O)[C@](C)(O)C1. The maximum absolute atomic E-state index is 13.6. The number of hydrogen-bond donors (Lipinski definition) is 6. The number of rotatable bonds is 9. The van der Waals surface area contributed by atoms with Crippen molar-refractivity contribution >= 4 is 75.2 Å². The molecule has 3 aromatic rings. The molecule has 3 aliphatic heterocycles. The zero-order valence-corrected chi connectivity index (χ0v) is 43.7. The van der Waals surface area contributed by atoms with E-state index in [-0.39, 0.29) is 30.4 Å². The van der Waals surface area contributed by atoms with Crippen molar-refractivity contribution in [2.45, 2.75) is 142 Å². The summed E-state index contributed by atoms with van der Waals surface area (Å²) in [7, 11) is 3.73. The monoisotopic (exact) mass is 1080 g/mol. The van der Waals surface area contributed by atoms with Crippen LogP contribution in [0.3, 0.4) is 0 Å². The standard InChI is InChI=1S/C49H67ClIN3O10S2/c1-26-24-48(6,60)44(63-46-41(57)36(53(8)9)21-27(2)62-46)28(3)40(56)29(4)45(59)64-47(51)49(7,61)43(58)30(5)54(25-26)20-12-19-52-39(55)18-16-32-23-35-33-13-10-11-14-37(33)66-38-22-31(50)15-17-34(38)42(35)65-32/h10-11,13-18,22-23,26-30,36,40-41,43-44,46-47,56-58,60-61H,12,19-21,24-25H2,1-9H3,(H,52,55)/b18-16+/t26-,27-,28+,29-,30-,36+,40+,41-,43-,44-,46+,47+,48-,49+/m1/s1. The minimum absolute atomic E-state index is 0.158. The van der Waals surface area contributed by atoms with E-state index in [0.717, 1.165) is 36.2 Å². The van der Waals surface area contributed by atoms with Crippen LogP contribution in [0, 0.1) is 17.8 Å².